The summed E-state index contributed by atoms with van der Waals surface area (Å²) in [7, 11) is -1.56. The average Bonchev–Trinajstić information content (AvgIpc) is 2.34. The molecule has 0 amide bonds. The fourth-order valence-corrected chi connectivity index (χ4v) is 3.06. The third-order valence-electron chi connectivity index (χ3n) is 3.10. The summed E-state index contributed by atoms with van der Waals surface area (Å²) in [6.07, 6.45) is 1.26. The molecule has 1 aromatic rings. The van der Waals surface area contributed by atoms with E-state index < -0.39 is 15.1 Å². The summed E-state index contributed by atoms with van der Waals surface area (Å²) in [5.74, 6) is 0.685. The molecule has 2 unspecified atom stereocenters. The van der Waals surface area contributed by atoms with E-state index in [9.17, 15) is 8.42 Å². The van der Waals surface area contributed by atoms with Crippen LogP contribution in [0.2, 0.25) is 0 Å². The maximum Gasteiger partial charge on any atom is 0.151 e. The fraction of sp³-hybridized carbons (Fsp3) is 0.538. The van der Waals surface area contributed by atoms with Gasteiger partial charge in [0.25, 0.3) is 0 Å². The Morgan fingerprint density at radius 2 is 2.05 bits per heavy atom. The molecule has 0 aliphatic rings. The largest absolute Gasteiger partial charge is 0.496 e. The van der Waals surface area contributed by atoms with Gasteiger partial charge in [0.15, 0.2) is 9.84 Å². The van der Waals surface area contributed by atoms with E-state index in [0.717, 1.165) is 10.0 Å². The highest BCUT2D eigenvalue weighted by Gasteiger charge is 2.29. The van der Waals surface area contributed by atoms with Crippen molar-refractivity contribution in [2.45, 2.75) is 25.1 Å². The lowest BCUT2D eigenvalue weighted by molar-refractivity contribution is 0.397. The summed E-state index contributed by atoms with van der Waals surface area (Å²) in [4.78, 5) is 0. The Morgan fingerprint density at radius 1 is 1.42 bits per heavy atom. The molecule has 1 N–H and O–H groups in total. The second kappa shape index (κ2) is 6.72. The third-order valence-corrected chi connectivity index (χ3v) is 5.21. The van der Waals surface area contributed by atoms with Gasteiger partial charge in [-0.05, 0) is 31.7 Å². The van der Waals surface area contributed by atoms with Crippen molar-refractivity contribution in [2.75, 3.05) is 19.9 Å². The van der Waals surface area contributed by atoms with Crippen molar-refractivity contribution in [3.63, 3.8) is 0 Å². The molecule has 6 heteroatoms. The SMILES string of the molecule is CCNC(c1cc(Br)ccc1OC)C(C)S(C)(=O)=O. The summed E-state index contributed by atoms with van der Waals surface area (Å²) < 4.78 is 29.9. The number of sulfone groups is 1. The lowest BCUT2D eigenvalue weighted by Crippen LogP contribution is -2.35. The highest BCUT2D eigenvalue weighted by Crippen LogP contribution is 2.32. The molecule has 108 valence electrons. The number of rotatable bonds is 6. The van der Waals surface area contributed by atoms with Crippen LogP contribution < -0.4 is 10.1 Å². The number of nitrogens with one attached hydrogen (secondary N) is 1. The van der Waals surface area contributed by atoms with Crippen molar-refractivity contribution < 1.29 is 13.2 Å². The predicted molar refractivity (Wildman–Crippen MR) is 81.4 cm³/mol. The molecule has 0 saturated heterocycles. The molecule has 0 bridgehead atoms. The molecule has 0 aliphatic heterocycles. The van der Waals surface area contributed by atoms with E-state index in [1.807, 2.05) is 25.1 Å². The summed E-state index contributed by atoms with van der Waals surface area (Å²) in [6.45, 7) is 4.34. The maximum atomic E-state index is 11.8. The third kappa shape index (κ3) is 4.19. The molecule has 0 spiro atoms. The normalized spacial score (nSPS) is 15.0. The van der Waals surface area contributed by atoms with Crippen LogP contribution in [0.5, 0.6) is 5.75 Å². The van der Waals surface area contributed by atoms with E-state index in [-0.39, 0.29) is 6.04 Å². The van der Waals surface area contributed by atoms with Crippen LogP contribution in [0.25, 0.3) is 0 Å². The van der Waals surface area contributed by atoms with Gasteiger partial charge in [-0.2, -0.15) is 0 Å². The van der Waals surface area contributed by atoms with Gasteiger partial charge in [-0.3, -0.25) is 0 Å². The van der Waals surface area contributed by atoms with Crippen LogP contribution in [0.3, 0.4) is 0 Å². The minimum absolute atomic E-state index is 0.299. The molecule has 1 rings (SSSR count). The van der Waals surface area contributed by atoms with Crippen LogP contribution in [0.15, 0.2) is 22.7 Å². The van der Waals surface area contributed by atoms with E-state index in [1.54, 1.807) is 14.0 Å². The second-order valence-electron chi connectivity index (χ2n) is 4.46. The first-order chi connectivity index (χ1) is 8.81. The summed E-state index contributed by atoms with van der Waals surface area (Å²) in [6, 6.07) is 5.30. The number of hydrogen-bond donors (Lipinski definition) is 1. The smallest absolute Gasteiger partial charge is 0.151 e. The van der Waals surface area contributed by atoms with Crippen LogP contribution in [-0.2, 0) is 9.84 Å². The molecule has 0 aliphatic carbocycles. The van der Waals surface area contributed by atoms with Crippen molar-refractivity contribution in [2.24, 2.45) is 0 Å². The Balaban J connectivity index is 3.29. The molecule has 4 nitrogen and oxygen atoms in total. The highest BCUT2D eigenvalue weighted by molar-refractivity contribution is 9.10. The lowest BCUT2D eigenvalue weighted by Gasteiger charge is -2.25. The summed E-state index contributed by atoms with van der Waals surface area (Å²) in [5, 5.41) is 2.70. The van der Waals surface area contributed by atoms with Gasteiger partial charge in [0.05, 0.1) is 18.4 Å². The molecule has 0 heterocycles. The first-order valence-corrected chi connectivity index (χ1v) is 8.81. The Bertz CT molecular complexity index is 531. The van der Waals surface area contributed by atoms with E-state index in [2.05, 4.69) is 21.2 Å². The van der Waals surface area contributed by atoms with Gasteiger partial charge in [0.1, 0.15) is 5.75 Å². The van der Waals surface area contributed by atoms with Crippen molar-refractivity contribution in [1.82, 2.24) is 5.32 Å². The molecular formula is C13H20BrNO3S. The van der Waals surface area contributed by atoms with Crippen molar-refractivity contribution >= 4 is 25.8 Å². The highest BCUT2D eigenvalue weighted by atomic mass is 79.9. The van der Waals surface area contributed by atoms with Gasteiger partial charge in [0.2, 0.25) is 0 Å². The minimum atomic E-state index is -3.14. The zero-order valence-corrected chi connectivity index (χ0v) is 14.0. The molecule has 0 fully saturated rings. The first kappa shape index (κ1) is 16.5. The molecule has 0 saturated carbocycles. The zero-order chi connectivity index (χ0) is 14.6. The molecule has 0 radical (unpaired) electrons. The Kier molecular flexibility index (Phi) is 5.82. The lowest BCUT2D eigenvalue weighted by atomic mass is 10.0. The number of benzene rings is 1. The Morgan fingerprint density at radius 3 is 2.53 bits per heavy atom. The number of ether oxygens (including phenoxy) is 1. The first-order valence-electron chi connectivity index (χ1n) is 6.07. The fourth-order valence-electron chi connectivity index (χ4n) is 1.94. The standard InChI is InChI=1S/C13H20BrNO3S/c1-5-15-13(9(2)19(4,16)17)11-8-10(14)6-7-12(11)18-3/h6-9,13,15H,5H2,1-4H3. The van der Waals surface area contributed by atoms with E-state index >= 15 is 0 Å². The van der Waals surface area contributed by atoms with Crippen molar-refractivity contribution in [1.29, 1.82) is 0 Å². The van der Waals surface area contributed by atoms with Crippen molar-refractivity contribution in [3.8, 4) is 5.75 Å². The summed E-state index contributed by atoms with van der Waals surface area (Å²) in [5.41, 5.74) is 0.844. The van der Waals surface area contributed by atoms with Crippen LogP contribution in [0.4, 0.5) is 0 Å². The topological polar surface area (TPSA) is 55.4 Å². The maximum absolute atomic E-state index is 11.8. The quantitative estimate of drug-likeness (QED) is 0.857. The Labute approximate surface area is 123 Å². The van der Waals surface area contributed by atoms with Crippen LogP contribution in [0.1, 0.15) is 25.5 Å². The van der Waals surface area contributed by atoms with Crippen LogP contribution in [0, 0.1) is 0 Å². The minimum Gasteiger partial charge on any atom is -0.496 e. The summed E-state index contributed by atoms with van der Waals surface area (Å²) >= 11 is 3.41. The monoisotopic (exact) mass is 349 g/mol. The van der Waals surface area contributed by atoms with Gasteiger partial charge in [-0.25, -0.2) is 8.42 Å². The predicted octanol–water partition coefficient (Wildman–Crippen LogP) is 2.54. The van der Waals surface area contributed by atoms with E-state index in [0.29, 0.717) is 12.3 Å². The van der Waals surface area contributed by atoms with Gasteiger partial charge < -0.3 is 10.1 Å². The number of hydrogen-bond acceptors (Lipinski definition) is 4. The van der Waals surface area contributed by atoms with E-state index in [4.69, 9.17) is 4.74 Å². The van der Waals surface area contributed by atoms with Gasteiger partial charge in [0, 0.05) is 16.3 Å². The van der Waals surface area contributed by atoms with Gasteiger partial charge >= 0.3 is 0 Å². The van der Waals surface area contributed by atoms with Crippen LogP contribution in [-0.4, -0.2) is 33.6 Å². The van der Waals surface area contributed by atoms with Crippen molar-refractivity contribution in [3.05, 3.63) is 28.2 Å². The number of methoxy groups -OCH3 is 1. The average molecular weight is 350 g/mol. The second-order valence-corrected chi connectivity index (χ2v) is 7.77. The molecule has 2 atom stereocenters. The number of halogens is 1. The zero-order valence-electron chi connectivity index (χ0n) is 11.6. The van der Waals surface area contributed by atoms with Crippen LogP contribution >= 0.6 is 15.9 Å². The molecular weight excluding hydrogens is 330 g/mol. The van der Waals surface area contributed by atoms with E-state index in [1.165, 1.54) is 6.26 Å². The molecule has 0 aromatic heterocycles. The van der Waals surface area contributed by atoms with Gasteiger partial charge in [-0.1, -0.05) is 22.9 Å². The molecule has 1 aromatic carbocycles. The Hall–Kier alpha value is -0.590. The van der Waals surface area contributed by atoms with Gasteiger partial charge in [-0.15, -0.1) is 0 Å². The molecule has 19 heavy (non-hydrogen) atoms.